The minimum Gasteiger partial charge on any atom is -0.466 e. The maximum absolute atomic E-state index is 11.9. The number of hydrogen-bond donors (Lipinski definition) is 0. The molecule has 0 aromatic rings. The Morgan fingerprint density at radius 3 is 2.25 bits per heavy atom. The molecule has 0 aliphatic heterocycles. The van der Waals surface area contributed by atoms with Gasteiger partial charge in [0.15, 0.2) is 0 Å². The topological polar surface area (TPSA) is 76.4 Å². The summed E-state index contributed by atoms with van der Waals surface area (Å²) in [5.41, 5.74) is -0.626. The average molecular weight is 283 g/mol. The molecule has 0 aliphatic carbocycles. The Balaban J connectivity index is 4.88. The summed E-state index contributed by atoms with van der Waals surface area (Å²) >= 11 is 0. The molecule has 0 radical (unpaired) electrons. The van der Waals surface area contributed by atoms with Gasteiger partial charge in [0.05, 0.1) is 37.0 Å². The van der Waals surface area contributed by atoms with Crippen LogP contribution in [0, 0.1) is 22.7 Å². The van der Waals surface area contributed by atoms with Crippen LogP contribution in [0.25, 0.3) is 0 Å². The normalized spacial score (nSPS) is 14.8. The molecule has 0 aliphatic rings. The summed E-state index contributed by atoms with van der Waals surface area (Å²) in [6.45, 7) is 7.77. The maximum atomic E-state index is 11.9. The van der Waals surface area contributed by atoms with E-state index in [4.69, 9.17) is 9.47 Å². The van der Waals surface area contributed by atoms with E-state index >= 15 is 0 Å². The Bertz CT molecular complexity index is 361. The number of carbonyl (C=O) groups excluding carboxylic acids is 2. The van der Waals surface area contributed by atoms with Crippen LogP contribution in [0.5, 0.6) is 0 Å². The van der Waals surface area contributed by atoms with Crippen LogP contribution in [-0.2, 0) is 19.1 Å². The Morgan fingerprint density at radius 1 is 1.20 bits per heavy atom. The number of ether oxygens (including phenoxy) is 2. The lowest BCUT2D eigenvalue weighted by Gasteiger charge is -2.25. The predicted octanol–water partition coefficient (Wildman–Crippen LogP) is 2.84. The van der Waals surface area contributed by atoms with Gasteiger partial charge in [-0.2, -0.15) is 5.26 Å². The fourth-order valence-electron chi connectivity index (χ4n) is 2.22. The SMILES string of the molecule is CCCC(C)(C#N)CC(CC(=O)OCC)C(=O)OCC. The van der Waals surface area contributed by atoms with Crippen LogP contribution >= 0.6 is 0 Å². The number of nitrogens with zero attached hydrogens (tertiary/aromatic N) is 1. The van der Waals surface area contributed by atoms with Crippen LogP contribution < -0.4 is 0 Å². The molecule has 0 bridgehead atoms. The average Bonchev–Trinajstić information content (AvgIpc) is 2.39. The molecule has 0 fully saturated rings. The summed E-state index contributed by atoms with van der Waals surface area (Å²) in [4.78, 5) is 23.5. The van der Waals surface area contributed by atoms with Crippen LogP contribution in [0.1, 0.15) is 53.4 Å². The summed E-state index contributed by atoms with van der Waals surface area (Å²) in [7, 11) is 0. The molecule has 0 saturated carbocycles. The van der Waals surface area contributed by atoms with Gasteiger partial charge in [-0.3, -0.25) is 9.59 Å². The zero-order valence-electron chi connectivity index (χ0n) is 12.9. The second-order valence-corrected chi connectivity index (χ2v) is 5.08. The van der Waals surface area contributed by atoms with E-state index < -0.39 is 23.3 Å². The predicted molar refractivity (Wildman–Crippen MR) is 74.6 cm³/mol. The van der Waals surface area contributed by atoms with E-state index in [-0.39, 0.29) is 19.6 Å². The molecule has 0 saturated heterocycles. The van der Waals surface area contributed by atoms with Crippen LogP contribution in [-0.4, -0.2) is 25.2 Å². The van der Waals surface area contributed by atoms with Crippen molar-refractivity contribution in [3.63, 3.8) is 0 Å². The van der Waals surface area contributed by atoms with Gasteiger partial charge in [0.25, 0.3) is 0 Å². The van der Waals surface area contributed by atoms with Crippen LogP contribution in [0.4, 0.5) is 0 Å². The number of hydrogen-bond acceptors (Lipinski definition) is 5. The van der Waals surface area contributed by atoms with Crippen molar-refractivity contribution < 1.29 is 19.1 Å². The zero-order chi connectivity index (χ0) is 15.6. The fourth-order valence-corrected chi connectivity index (χ4v) is 2.22. The first-order valence-electron chi connectivity index (χ1n) is 7.15. The van der Waals surface area contributed by atoms with Gasteiger partial charge in [-0.1, -0.05) is 13.3 Å². The van der Waals surface area contributed by atoms with Crippen LogP contribution in [0.2, 0.25) is 0 Å². The van der Waals surface area contributed by atoms with E-state index in [9.17, 15) is 14.9 Å². The molecule has 0 aromatic carbocycles. The first-order valence-corrected chi connectivity index (χ1v) is 7.15. The number of rotatable bonds is 9. The van der Waals surface area contributed by atoms with Crippen molar-refractivity contribution in [1.29, 1.82) is 5.26 Å². The van der Waals surface area contributed by atoms with Crippen molar-refractivity contribution in [3.05, 3.63) is 0 Å². The summed E-state index contributed by atoms with van der Waals surface area (Å²) in [5.74, 6) is -1.48. The highest BCUT2D eigenvalue weighted by Crippen LogP contribution is 2.32. The van der Waals surface area contributed by atoms with E-state index in [0.29, 0.717) is 12.8 Å². The van der Waals surface area contributed by atoms with Crippen molar-refractivity contribution in [2.24, 2.45) is 11.3 Å². The molecule has 2 atom stereocenters. The van der Waals surface area contributed by atoms with Gasteiger partial charge in [-0.05, 0) is 33.6 Å². The first-order chi connectivity index (χ1) is 9.42. The summed E-state index contributed by atoms with van der Waals surface area (Å²) in [6.07, 6.45) is 1.81. The Kier molecular flexibility index (Phi) is 8.62. The Labute approximate surface area is 121 Å². The molecular formula is C15H25NO4. The largest absolute Gasteiger partial charge is 0.466 e. The molecule has 20 heavy (non-hydrogen) atoms. The molecule has 0 amide bonds. The smallest absolute Gasteiger partial charge is 0.309 e. The van der Waals surface area contributed by atoms with E-state index in [0.717, 1.165) is 6.42 Å². The standard InChI is InChI=1S/C15H25NO4/c1-5-8-15(4,11-16)10-12(14(18)20-7-3)9-13(17)19-6-2/h12H,5-10H2,1-4H3. The molecule has 5 heteroatoms. The highest BCUT2D eigenvalue weighted by atomic mass is 16.5. The van der Waals surface area contributed by atoms with Crippen molar-refractivity contribution >= 4 is 11.9 Å². The zero-order valence-corrected chi connectivity index (χ0v) is 12.9. The van der Waals surface area contributed by atoms with Gasteiger partial charge in [0.1, 0.15) is 0 Å². The molecule has 114 valence electrons. The minimum absolute atomic E-state index is 0.0341. The maximum Gasteiger partial charge on any atom is 0.309 e. The second-order valence-electron chi connectivity index (χ2n) is 5.08. The van der Waals surface area contributed by atoms with Crippen LogP contribution in [0.3, 0.4) is 0 Å². The van der Waals surface area contributed by atoms with Crippen molar-refractivity contribution in [2.75, 3.05) is 13.2 Å². The Morgan fingerprint density at radius 2 is 1.80 bits per heavy atom. The third-order valence-electron chi connectivity index (χ3n) is 3.11. The highest BCUT2D eigenvalue weighted by Gasteiger charge is 2.33. The summed E-state index contributed by atoms with van der Waals surface area (Å²) < 4.78 is 9.87. The molecule has 0 aromatic heterocycles. The van der Waals surface area contributed by atoms with E-state index in [1.807, 2.05) is 13.8 Å². The first kappa shape index (κ1) is 18.4. The van der Waals surface area contributed by atoms with Gasteiger partial charge < -0.3 is 9.47 Å². The van der Waals surface area contributed by atoms with Gasteiger partial charge in [-0.15, -0.1) is 0 Å². The third-order valence-corrected chi connectivity index (χ3v) is 3.11. The van der Waals surface area contributed by atoms with Crippen molar-refractivity contribution in [1.82, 2.24) is 0 Å². The van der Waals surface area contributed by atoms with Gasteiger partial charge in [-0.25, -0.2) is 0 Å². The van der Waals surface area contributed by atoms with Gasteiger partial charge in [0.2, 0.25) is 0 Å². The van der Waals surface area contributed by atoms with Gasteiger partial charge in [0, 0.05) is 0 Å². The Hall–Kier alpha value is -1.57. The lowest BCUT2D eigenvalue weighted by molar-refractivity contribution is -0.155. The second kappa shape index (κ2) is 9.35. The molecule has 5 nitrogen and oxygen atoms in total. The molecule has 0 heterocycles. The number of carbonyl (C=O) groups is 2. The lowest BCUT2D eigenvalue weighted by Crippen LogP contribution is -2.28. The quantitative estimate of drug-likeness (QED) is 0.608. The molecular weight excluding hydrogens is 258 g/mol. The summed E-state index contributed by atoms with van der Waals surface area (Å²) in [6, 6.07) is 2.25. The number of nitriles is 1. The highest BCUT2D eigenvalue weighted by molar-refractivity contribution is 5.80. The third kappa shape index (κ3) is 6.55. The molecule has 0 spiro atoms. The lowest BCUT2D eigenvalue weighted by atomic mass is 9.78. The molecule has 0 rings (SSSR count). The van der Waals surface area contributed by atoms with E-state index in [1.54, 1.807) is 13.8 Å². The molecule has 0 N–H and O–H groups in total. The van der Waals surface area contributed by atoms with Crippen LogP contribution in [0.15, 0.2) is 0 Å². The fraction of sp³-hybridized carbons (Fsp3) is 0.800. The van der Waals surface area contributed by atoms with Crippen molar-refractivity contribution in [2.45, 2.75) is 53.4 Å². The van der Waals surface area contributed by atoms with Gasteiger partial charge >= 0.3 is 11.9 Å². The summed E-state index contributed by atoms with van der Waals surface area (Å²) in [5, 5.41) is 9.30. The molecule has 2 unspecified atom stereocenters. The van der Waals surface area contributed by atoms with E-state index in [1.165, 1.54) is 0 Å². The van der Waals surface area contributed by atoms with Crippen molar-refractivity contribution in [3.8, 4) is 6.07 Å². The monoisotopic (exact) mass is 283 g/mol. The minimum atomic E-state index is -0.626. The van der Waals surface area contributed by atoms with E-state index in [2.05, 4.69) is 6.07 Å². The number of esters is 2.